The molecule has 0 bridgehead atoms. The number of aliphatic hydroxyl groups excluding tert-OH is 1. The van der Waals surface area contributed by atoms with Crippen molar-refractivity contribution in [2.75, 3.05) is 12.9 Å². The number of likely N-dealkylation sites (N-methyl/N-ethyl adjacent to an activating group) is 1. The first-order valence-corrected chi connectivity index (χ1v) is 4.31. The van der Waals surface area contributed by atoms with Crippen LogP contribution in [0.1, 0.15) is 13.8 Å². The Balaban J connectivity index is 2.66. The number of hydrogen-bond donors (Lipinski definition) is 2. The Labute approximate surface area is 65.9 Å². The quantitative estimate of drug-likeness (QED) is 0.541. The fraction of sp³-hybridized carbons (Fsp3) is 1.00. The van der Waals surface area contributed by atoms with E-state index in [0.29, 0.717) is 0 Å². The molecule has 0 aromatic rings. The van der Waals surface area contributed by atoms with E-state index >= 15 is 0 Å². The van der Waals surface area contributed by atoms with Crippen molar-refractivity contribution in [3.8, 4) is 0 Å². The van der Waals surface area contributed by atoms with Crippen LogP contribution in [0.25, 0.3) is 0 Å². The van der Waals surface area contributed by atoms with E-state index in [-0.39, 0.29) is 11.8 Å². The van der Waals surface area contributed by atoms with Crippen LogP contribution in [0.15, 0.2) is 0 Å². The van der Waals surface area contributed by atoms with E-state index in [9.17, 15) is 5.11 Å². The Kier molecular flexibility index (Phi) is 2.24. The van der Waals surface area contributed by atoms with E-state index in [1.54, 1.807) is 18.9 Å². The van der Waals surface area contributed by atoms with Gasteiger partial charge >= 0.3 is 0 Å². The van der Waals surface area contributed by atoms with E-state index in [4.69, 9.17) is 0 Å². The van der Waals surface area contributed by atoms with Gasteiger partial charge in [0.05, 0.1) is 12.0 Å². The number of nitrogens with one attached hydrogen (secondary N) is 1. The minimum atomic E-state index is -0.340. The minimum Gasteiger partial charge on any atom is -0.390 e. The number of rotatable bonds is 1. The summed E-state index contributed by atoms with van der Waals surface area (Å²) in [7, 11) is 1.98. The highest BCUT2D eigenvalue weighted by molar-refractivity contribution is 7.97. The van der Waals surface area contributed by atoms with Gasteiger partial charge in [0.15, 0.2) is 0 Å². The first-order chi connectivity index (χ1) is 4.57. The van der Waals surface area contributed by atoms with Crippen LogP contribution < -0.4 is 5.32 Å². The maximum atomic E-state index is 9.36. The molecule has 1 aliphatic heterocycles. The van der Waals surface area contributed by atoms with Crippen LogP contribution in [0.4, 0.5) is 0 Å². The molecule has 1 fully saturated rings. The van der Waals surface area contributed by atoms with Gasteiger partial charge in [-0.1, -0.05) is 11.9 Å². The molecule has 2 unspecified atom stereocenters. The van der Waals surface area contributed by atoms with E-state index in [1.807, 2.05) is 14.0 Å². The van der Waals surface area contributed by atoms with Crippen molar-refractivity contribution in [3.05, 3.63) is 0 Å². The van der Waals surface area contributed by atoms with Crippen molar-refractivity contribution in [1.29, 1.82) is 0 Å². The summed E-state index contributed by atoms with van der Waals surface area (Å²) in [4.78, 5) is 0. The second kappa shape index (κ2) is 2.70. The van der Waals surface area contributed by atoms with Crippen molar-refractivity contribution in [2.24, 2.45) is 0 Å². The average Bonchev–Trinajstić information content (AvgIpc) is 2.15. The largest absolute Gasteiger partial charge is 0.390 e. The summed E-state index contributed by atoms with van der Waals surface area (Å²) in [5.74, 6) is 0.887. The Morgan fingerprint density at radius 2 is 2.40 bits per heavy atom. The molecule has 0 aromatic carbocycles. The van der Waals surface area contributed by atoms with Gasteiger partial charge in [-0.2, -0.15) is 0 Å². The molecule has 1 saturated heterocycles. The van der Waals surface area contributed by atoms with Gasteiger partial charge in [-0.25, -0.2) is 4.31 Å². The van der Waals surface area contributed by atoms with Crippen molar-refractivity contribution in [2.45, 2.75) is 25.6 Å². The zero-order valence-corrected chi connectivity index (χ0v) is 7.40. The second-order valence-electron chi connectivity index (χ2n) is 2.77. The molecule has 60 valence electrons. The fourth-order valence-corrected chi connectivity index (χ4v) is 1.97. The summed E-state index contributed by atoms with van der Waals surface area (Å²) in [6.45, 7) is 3.80. The van der Waals surface area contributed by atoms with Crippen molar-refractivity contribution in [1.82, 2.24) is 9.62 Å². The average molecular weight is 162 g/mol. The third-order valence-corrected chi connectivity index (χ3v) is 3.20. The highest BCUT2D eigenvalue weighted by Gasteiger charge is 2.38. The van der Waals surface area contributed by atoms with Crippen molar-refractivity contribution < 1.29 is 5.11 Å². The monoisotopic (exact) mass is 162 g/mol. The summed E-state index contributed by atoms with van der Waals surface area (Å²) in [6, 6.07) is 0. The van der Waals surface area contributed by atoms with Crippen molar-refractivity contribution >= 4 is 11.9 Å². The maximum Gasteiger partial charge on any atom is 0.104 e. The maximum absolute atomic E-state index is 9.36. The van der Waals surface area contributed by atoms with Crippen LogP contribution in [0.2, 0.25) is 0 Å². The van der Waals surface area contributed by atoms with E-state index in [0.717, 1.165) is 5.88 Å². The van der Waals surface area contributed by atoms with Gasteiger partial charge in [0.1, 0.15) is 5.66 Å². The van der Waals surface area contributed by atoms with E-state index in [1.165, 1.54) is 0 Å². The van der Waals surface area contributed by atoms with Crippen LogP contribution in [-0.4, -0.2) is 34.1 Å². The van der Waals surface area contributed by atoms with Crippen molar-refractivity contribution in [3.63, 3.8) is 0 Å². The summed E-state index contributed by atoms with van der Waals surface area (Å²) in [6.07, 6.45) is -0.340. The molecule has 1 rings (SSSR count). The van der Waals surface area contributed by atoms with Crippen LogP contribution in [-0.2, 0) is 0 Å². The third kappa shape index (κ3) is 1.16. The lowest BCUT2D eigenvalue weighted by molar-refractivity contribution is 0.0391. The van der Waals surface area contributed by atoms with Gasteiger partial charge in [-0.3, -0.25) is 5.32 Å². The molecule has 2 atom stereocenters. The first kappa shape index (κ1) is 8.33. The van der Waals surface area contributed by atoms with Gasteiger partial charge in [-0.15, -0.1) is 0 Å². The molecule has 0 radical (unpaired) electrons. The normalized spacial score (nSPS) is 38.4. The molecule has 3 nitrogen and oxygen atoms in total. The molecule has 0 saturated carbocycles. The molecular weight excluding hydrogens is 148 g/mol. The molecule has 1 aliphatic rings. The van der Waals surface area contributed by atoms with Crippen LogP contribution in [0.5, 0.6) is 0 Å². The smallest absolute Gasteiger partial charge is 0.104 e. The molecule has 4 heteroatoms. The molecule has 0 aromatic heterocycles. The zero-order valence-electron chi connectivity index (χ0n) is 6.59. The Bertz CT molecular complexity index is 131. The lowest BCUT2D eigenvalue weighted by Gasteiger charge is -2.33. The molecular formula is C6H14N2OS. The molecule has 2 N–H and O–H groups in total. The topological polar surface area (TPSA) is 35.5 Å². The lowest BCUT2D eigenvalue weighted by Crippen LogP contribution is -2.54. The standard InChI is InChI=1S/C6H14N2OS/c1-5(9)6(2)7-4-10-8(6)3/h5,7,9H,4H2,1-3H3. The zero-order chi connectivity index (χ0) is 7.78. The van der Waals surface area contributed by atoms with Gasteiger partial charge in [0.25, 0.3) is 0 Å². The van der Waals surface area contributed by atoms with Crippen LogP contribution in [0.3, 0.4) is 0 Å². The second-order valence-corrected chi connectivity index (χ2v) is 3.87. The molecule has 10 heavy (non-hydrogen) atoms. The number of aliphatic hydroxyl groups is 1. The lowest BCUT2D eigenvalue weighted by atomic mass is 10.1. The summed E-state index contributed by atoms with van der Waals surface area (Å²) in [5, 5.41) is 12.6. The molecule has 0 spiro atoms. The molecule has 0 aliphatic carbocycles. The molecule has 0 amide bonds. The highest BCUT2D eigenvalue weighted by Crippen LogP contribution is 2.28. The first-order valence-electron chi connectivity index (χ1n) is 3.37. The Hall–Kier alpha value is 0.230. The van der Waals surface area contributed by atoms with E-state index < -0.39 is 0 Å². The van der Waals surface area contributed by atoms with Gasteiger partial charge < -0.3 is 5.11 Å². The van der Waals surface area contributed by atoms with Gasteiger partial charge in [-0.05, 0) is 20.9 Å². The Morgan fingerprint density at radius 3 is 2.60 bits per heavy atom. The fourth-order valence-electron chi connectivity index (χ4n) is 0.931. The summed E-state index contributed by atoms with van der Waals surface area (Å²) < 4.78 is 2.05. The Morgan fingerprint density at radius 1 is 1.80 bits per heavy atom. The highest BCUT2D eigenvalue weighted by atomic mass is 32.2. The van der Waals surface area contributed by atoms with Gasteiger partial charge in [0.2, 0.25) is 0 Å². The minimum absolute atomic E-state index is 0.245. The molecule has 1 heterocycles. The summed E-state index contributed by atoms with van der Waals surface area (Å²) >= 11 is 1.69. The number of hydrogen-bond acceptors (Lipinski definition) is 4. The third-order valence-electron chi connectivity index (χ3n) is 2.16. The number of nitrogens with zero attached hydrogens (tertiary/aromatic N) is 1. The predicted octanol–water partition coefficient (Wildman–Crippen LogP) is 0.224. The van der Waals surface area contributed by atoms with Gasteiger partial charge in [0, 0.05) is 0 Å². The SMILES string of the molecule is CC(O)C1(C)NCSN1C. The predicted molar refractivity (Wildman–Crippen MR) is 43.4 cm³/mol. The van der Waals surface area contributed by atoms with Crippen LogP contribution >= 0.6 is 11.9 Å². The summed E-state index contributed by atoms with van der Waals surface area (Å²) in [5.41, 5.74) is -0.245. The van der Waals surface area contributed by atoms with Crippen LogP contribution in [0, 0.1) is 0 Å². The van der Waals surface area contributed by atoms with E-state index in [2.05, 4.69) is 9.62 Å².